The predicted octanol–water partition coefficient (Wildman–Crippen LogP) is 6.30. The summed E-state index contributed by atoms with van der Waals surface area (Å²) in [6.45, 7) is 1.92. The Kier molecular flexibility index (Phi) is 12.3. The topological polar surface area (TPSA) is 24.7 Å². The average Bonchev–Trinajstić information content (AvgIpc) is 2.43. The van der Waals surface area contributed by atoms with Crippen molar-refractivity contribution in [2.45, 2.75) is 96.3 Å². The van der Waals surface area contributed by atoms with Crippen molar-refractivity contribution in [1.29, 1.82) is 0 Å². The molecule has 0 aliphatic carbocycles. The van der Waals surface area contributed by atoms with E-state index in [9.17, 15) is 0 Å². The third-order valence-electron chi connectivity index (χ3n) is 4.12. The first-order valence-electron chi connectivity index (χ1n) is 8.83. The Morgan fingerprint density at radius 3 is 0.737 bits per heavy atom. The van der Waals surface area contributed by atoms with Crippen LogP contribution < -0.4 is 0 Å². The highest BCUT2D eigenvalue weighted by molar-refractivity contribution is 4.52. The summed E-state index contributed by atoms with van der Waals surface area (Å²) in [5.74, 6) is 0. The second-order valence-corrected chi connectivity index (χ2v) is 6.03. The monoisotopic (exact) mass is 266 g/mol. The summed E-state index contributed by atoms with van der Waals surface area (Å²) in [5.41, 5.74) is 0. The Hall–Kier alpha value is -0.400. The van der Waals surface area contributed by atoms with Crippen molar-refractivity contribution < 1.29 is 0 Å². The second kappa shape index (κ2) is 14.0. The van der Waals surface area contributed by atoms with E-state index in [-0.39, 0.29) is 0 Å². The lowest BCUT2D eigenvalue weighted by molar-refractivity contribution is 0.533. The molecular formula is C17H34N2. The molecule has 0 fully saturated rings. The molecule has 0 spiro atoms. The molecule has 0 unspecified atom stereocenters. The summed E-state index contributed by atoms with van der Waals surface area (Å²) in [7, 11) is 0. The van der Waals surface area contributed by atoms with E-state index in [1.165, 1.54) is 96.3 Å². The Bertz CT molecular complexity index is 181. The van der Waals surface area contributed by atoms with Crippen molar-refractivity contribution in [1.82, 2.24) is 0 Å². The molecule has 0 N–H and O–H groups in total. The summed E-state index contributed by atoms with van der Waals surface area (Å²) in [6.07, 6.45) is 21.0. The Labute approximate surface area is 120 Å². The smallest absolute Gasteiger partial charge is 0.0598 e. The molecule has 2 heteroatoms. The van der Waals surface area contributed by atoms with Gasteiger partial charge in [-0.2, -0.15) is 10.2 Å². The van der Waals surface area contributed by atoms with Crippen LogP contribution in [-0.4, -0.2) is 13.1 Å². The third kappa shape index (κ3) is 12.4. The maximum atomic E-state index is 4.27. The lowest BCUT2D eigenvalue weighted by Gasteiger charge is -2.02. The molecule has 0 bridgehead atoms. The quantitative estimate of drug-likeness (QED) is 0.491. The normalized spacial score (nSPS) is 23.2. The van der Waals surface area contributed by atoms with Gasteiger partial charge >= 0.3 is 0 Å². The van der Waals surface area contributed by atoms with Gasteiger partial charge in [-0.1, -0.05) is 83.5 Å². The van der Waals surface area contributed by atoms with E-state index >= 15 is 0 Å². The lowest BCUT2D eigenvalue weighted by Crippen LogP contribution is -1.85. The van der Waals surface area contributed by atoms with Gasteiger partial charge in [0, 0.05) is 0 Å². The zero-order valence-corrected chi connectivity index (χ0v) is 12.9. The van der Waals surface area contributed by atoms with E-state index in [1.54, 1.807) is 0 Å². The predicted molar refractivity (Wildman–Crippen MR) is 83.8 cm³/mol. The molecule has 0 radical (unpaired) electrons. The Morgan fingerprint density at radius 1 is 0.263 bits per heavy atom. The van der Waals surface area contributed by atoms with Crippen molar-refractivity contribution in [3.05, 3.63) is 0 Å². The van der Waals surface area contributed by atoms with Crippen LogP contribution in [-0.2, 0) is 0 Å². The molecule has 1 heterocycles. The number of rotatable bonds is 0. The van der Waals surface area contributed by atoms with Crippen molar-refractivity contribution in [2.75, 3.05) is 13.1 Å². The van der Waals surface area contributed by atoms with Crippen LogP contribution in [0.2, 0.25) is 0 Å². The molecule has 1 aliphatic heterocycles. The molecule has 112 valence electrons. The SMILES string of the molecule is C1CCCCCCCCN=NCCCCCCCC1. The molecule has 0 aromatic heterocycles. The second-order valence-electron chi connectivity index (χ2n) is 6.03. The summed E-state index contributed by atoms with van der Waals surface area (Å²) < 4.78 is 0. The largest absolute Gasteiger partial charge is 0.194 e. The van der Waals surface area contributed by atoms with E-state index in [0.717, 1.165) is 13.1 Å². The van der Waals surface area contributed by atoms with Crippen LogP contribution in [0.25, 0.3) is 0 Å². The number of azo groups is 1. The van der Waals surface area contributed by atoms with Crippen molar-refractivity contribution in [2.24, 2.45) is 10.2 Å². The Morgan fingerprint density at radius 2 is 0.474 bits per heavy atom. The van der Waals surface area contributed by atoms with Crippen LogP contribution in [0.5, 0.6) is 0 Å². The van der Waals surface area contributed by atoms with Gasteiger partial charge in [0.1, 0.15) is 0 Å². The van der Waals surface area contributed by atoms with Crippen LogP contribution in [0.3, 0.4) is 0 Å². The molecule has 1 rings (SSSR count). The van der Waals surface area contributed by atoms with Gasteiger partial charge in [0.15, 0.2) is 0 Å². The zero-order chi connectivity index (χ0) is 13.4. The third-order valence-corrected chi connectivity index (χ3v) is 4.12. The standard InChI is InChI=1S/C17H34N2/c1-2-4-6-8-10-12-14-16-18-19-17-15-13-11-9-7-5-3-1/h1-17H2. The van der Waals surface area contributed by atoms with Crippen molar-refractivity contribution >= 4 is 0 Å². The summed E-state index contributed by atoms with van der Waals surface area (Å²) in [6, 6.07) is 0. The van der Waals surface area contributed by atoms with E-state index in [4.69, 9.17) is 0 Å². The van der Waals surface area contributed by atoms with E-state index in [0.29, 0.717) is 0 Å². The van der Waals surface area contributed by atoms with E-state index in [1.807, 2.05) is 0 Å². The molecule has 0 atom stereocenters. The minimum Gasteiger partial charge on any atom is -0.194 e. The molecule has 19 heavy (non-hydrogen) atoms. The van der Waals surface area contributed by atoms with Crippen LogP contribution in [0.4, 0.5) is 0 Å². The Balaban J connectivity index is 2.06. The number of hydrogen-bond acceptors (Lipinski definition) is 2. The lowest BCUT2D eigenvalue weighted by atomic mass is 10.0. The van der Waals surface area contributed by atoms with Gasteiger partial charge in [-0.25, -0.2) is 0 Å². The zero-order valence-electron chi connectivity index (χ0n) is 12.9. The van der Waals surface area contributed by atoms with Gasteiger partial charge in [-0.3, -0.25) is 0 Å². The van der Waals surface area contributed by atoms with Gasteiger partial charge < -0.3 is 0 Å². The minimum atomic E-state index is 0.958. The maximum Gasteiger partial charge on any atom is 0.0598 e. The summed E-state index contributed by atoms with van der Waals surface area (Å²) in [5, 5.41) is 8.55. The highest BCUT2D eigenvalue weighted by Crippen LogP contribution is 2.13. The van der Waals surface area contributed by atoms with Crippen molar-refractivity contribution in [3.8, 4) is 0 Å². The maximum absolute atomic E-state index is 4.27. The van der Waals surface area contributed by atoms with E-state index < -0.39 is 0 Å². The molecule has 0 saturated heterocycles. The first kappa shape index (κ1) is 16.7. The average molecular weight is 266 g/mol. The van der Waals surface area contributed by atoms with Crippen molar-refractivity contribution in [3.63, 3.8) is 0 Å². The van der Waals surface area contributed by atoms with Crippen LogP contribution in [0.15, 0.2) is 10.2 Å². The molecule has 0 aromatic rings. The fourth-order valence-electron chi connectivity index (χ4n) is 2.80. The summed E-state index contributed by atoms with van der Waals surface area (Å²) >= 11 is 0. The van der Waals surface area contributed by atoms with Gasteiger partial charge in [-0.15, -0.1) is 0 Å². The number of nitrogens with zero attached hydrogens (tertiary/aromatic N) is 2. The highest BCUT2D eigenvalue weighted by atomic mass is 15.1. The van der Waals surface area contributed by atoms with Gasteiger partial charge in [0.2, 0.25) is 0 Å². The molecule has 2 nitrogen and oxygen atoms in total. The van der Waals surface area contributed by atoms with Crippen LogP contribution in [0, 0.1) is 0 Å². The molecule has 0 amide bonds. The van der Waals surface area contributed by atoms with Crippen LogP contribution >= 0.6 is 0 Å². The number of hydrogen-bond donors (Lipinski definition) is 0. The molecular weight excluding hydrogens is 232 g/mol. The molecule has 0 aromatic carbocycles. The first-order chi connectivity index (χ1) is 9.50. The fraction of sp³-hybridized carbons (Fsp3) is 1.00. The highest BCUT2D eigenvalue weighted by Gasteiger charge is 1.95. The van der Waals surface area contributed by atoms with E-state index in [2.05, 4.69) is 10.2 Å². The summed E-state index contributed by atoms with van der Waals surface area (Å²) in [4.78, 5) is 0. The molecule has 1 aliphatic rings. The van der Waals surface area contributed by atoms with Gasteiger partial charge in [-0.05, 0) is 12.8 Å². The van der Waals surface area contributed by atoms with Gasteiger partial charge in [0.05, 0.1) is 13.1 Å². The minimum absolute atomic E-state index is 0.958. The fourth-order valence-corrected chi connectivity index (χ4v) is 2.80. The van der Waals surface area contributed by atoms with Gasteiger partial charge in [0.25, 0.3) is 0 Å². The van der Waals surface area contributed by atoms with Crippen LogP contribution in [0.1, 0.15) is 96.3 Å². The molecule has 0 saturated carbocycles. The first-order valence-corrected chi connectivity index (χ1v) is 8.83.